The average molecular weight is 1460 g/mol. The van der Waals surface area contributed by atoms with E-state index in [9.17, 15) is 72.9 Å². The van der Waals surface area contributed by atoms with E-state index in [4.69, 9.17) is 21.0 Å². The Morgan fingerprint density at radius 2 is 1.16 bits per heavy atom. The van der Waals surface area contributed by atoms with E-state index >= 15 is 4.79 Å². The van der Waals surface area contributed by atoms with E-state index in [-0.39, 0.29) is 99.3 Å². The fraction of sp³-hybridized carbons (Fsp3) is 0.623. The van der Waals surface area contributed by atoms with Crippen LogP contribution in [-0.4, -0.2) is 213 Å². The maximum atomic E-state index is 15.2. The zero-order chi connectivity index (χ0) is 74.4. The largest absolute Gasteiger partial charge is 0.508 e. The number of hydrogen-bond acceptors (Lipinski definition) is 20. The number of ether oxygens (including phenoxy) is 1. The summed E-state index contributed by atoms with van der Waals surface area (Å²) in [6.45, 7) is 7.65. The Bertz CT molecular complexity index is 3270. The number of aromatic hydroxyl groups is 1. The molecule has 4 aliphatic rings. The number of unbranched alkanes of at least 4 members (excludes halogenated alkanes) is 2. The number of carboxylic acid groups (broad SMARTS) is 2. The third-order valence-electron chi connectivity index (χ3n) is 17.7. The van der Waals surface area contributed by atoms with Crippen LogP contribution in [-0.2, 0) is 85.1 Å². The van der Waals surface area contributed by atoms with Crippen LogP contribution in [0.4, 0.5) is 0 Å². The van der Waals surface area contributed by atoms with Gasteiger partial charge in [-0.05, 0) is 149 Å². The summed E-state index contributed by atoms with van der Waals surface area (Å²) in [5.41, 5.74) is 13.7. The molecule has 102 heavy (non-hydrogen) atoms. The first kappa shape index (κ1) is 82.2. The van der Waals surface area contributed by atoms with Crippen LogP contribution in [0.3, 0.4) is 0 Å². The molecular formula is C69H101N13O18S2. The lowest BCUT2D eigenvalue weighted by Gasteiger charge is -2.32. The molecule has 6 rings (SSSR count). The highest BCUT2D eigenvalue weighted by molar-refractivity contribution is 7.98. The number of primary amides is 1. The summed E-state index contributed by atoms with van der Waals surface area (Å²) >= 11 is 2.47. The molecule has 0 spiro atoms. The number of nitrogens with one attached hydrogen (secondary N) is 8. The van der Waals surface area contributed by atoms with Crippen LogP contribution < -0.4 is 58.7 Å². The molecular weight excluding hydrogens is 1360 g/mol. The van der Waals surface area contributed by atoms with Crippen LogP contribution in [0, 0.1) is 11.8 Å². The predicted molar refractivity (Wildman–Crippen MR) is 379 cm³/mol. The number of hydrogen-bond donors (Lipinski definition) is 13. The first-order chi connectivity index (χ1) is 48.7. The molecule has 0 saturated carbocycles. The number of carbonyl (C=O) groups excluding carboxylic acids is 11. The molecule has 2 saturated heterocycles. The van der Waals surface area contributed by atoms with Crippen molar-refractivity contribution < 1.29 is 87.2 Å². The Morgan fingerprint density at radius 3 is 1.77 bits per heavy atom. The van der Waals surface area contributed by atoms with Gasteiger partial charge >= 0.3 is 11.9 Å². The van der Waals surface area contributed by atoms with Crippen molar-refractivity contribution in [3.8, 4) is 11.5 Å². The second-order valence-corrected chi connectivity index (χ2v) is 28.8. The Hall–Kier alpha value is -8.72. The van der Waals surface area contributed by atoms with E-state index in [0.29, 0.717) is 74.1 Å². The van der Waals surface area contributed by atoms with Crippen molar-refractivity contribution in [3.63, 3.8) is 0 Å². The first-order valence-corrected chi connectivity index (χ1v) is 37.3. The van der Waals surface area contributed by atoms with E-state index in [1.807, 2.05) is 18.2 Å². The van der Waals surface area contributed by atoms with Crippen LogP contribution in [0.15, 0.2) is 47.6 Å². The molecule has 33 heteroatoms. The number of carboxylic acids is 2. The van der Waals surface area contributed by atoms with Crippen molar-refractivity contribution in [1.82, 2.24) is 52.3 Å². The molecule has 0 unspecified atom stereocenters. The summed E-state index contributed by atoms with van der Waals surface area (Å²) < 4.78 is 6.30. The Morgan fingerprint density at radius 1 is 0.598 bits per heavy atom. The maximum Gasteiger partial charge on any atom is 0.305 e. The Kier molecular flexibility index (Phi) is 33.9. The number of amides is 11. The zero-order valence-corrected chi connectivity index (χ0v) is 60.1. The summed E-state index contributed by atoms with van der Waals surface area (Å²) in [5.74, 6) is -12.5. The minimum atomic E-state index is -1.84. The monoisotopic (exact) mass is 1460 g/mol. The lowest BCUT2D eigenvalue weighted by molar-refractivity contribution is -0.144. The fourth-order valence-electron chi connectivity index (χ4n) is 12.3. The number of oxime groups is 1. The number of thioether (sulfide) groups is 2. The number of benzene rings is 2. The van der Waals surface area contributed by atoms with Gasteiger partial charge in [0.15, 0.2) is 0 Å². The van der Waals surface area contributed by atoms with Crippen LogP contribution in [0.25, 0.3) is 0 Å². The molecule has 4 aliphatic heterocycles. The topological polar surface area (TPSA) is 468 Å². The van der Waals surface area contributed by atoms with E-state index < -0.39 is 163 Å². The number of nitrogens with zero attached hydrogens (tertiary/aromatic N) is 3. The summed E-state index contributed by atoms with van der Waals surface area (Å²) in [7, 11) is 0. The highest BCUT2D eigenvalue weighted by Crippen LogP contribution is 2.28. The standard InChI is InChI=1S/C69H101N13O18S2/c1-40(2)30-50-64(93)76-51(34-58(87)88)65(94)80-59(41(3)4)69(98)82-27-13-16-55(82)66(95)75-48(22-19-42-17-20-45(83)21-18-42)62(91)74-49(23-24-57(85)86)63(92)78-52(60(71)89)38-101-36-43-31-44-33-46(32-43)99-28-10-5-6-11-29-100-72-35-56(84)73-47(14-8-7-9-25-70)61(90)79-53(39-102-37-44)68(97)81-26-12-15-54(81)67(96)77-50/h17-18,20-21,31-33,35,40-41,47-55,59,83H,5-16,19,22-30,34,36-39,70H2,1-4H3,(H2,71,89)(H,73,84)(H,74,91)(H,75,95)(H,76,93)(H,77,96)(H,78,92)(H,79,90)(H,80,94)(H,85,86)(H,87,88)/b72-35+/t47-,48-,49-,50-,51-,52-,53-,54-,55-,59-/m0/s1. The van der Waals surface area contributed by atoms with Gasteiger partial charge in [0.05, 0.1) is 13.0 Å². The minimum absolute atomic E-state index is 0.00814. The molecule has 2 aromatic rings. The molecule has 31 nitrogen and oxygen atoms in total. The molecule has 15 N–H and O–H groups in total. The van der Waals surface area contributed by atoms with Crippen LogP contribution >= 0.6 is 23.5 Å². The number of carbonyl (C=O) groups is 13. The molecule has 2 fully saturated rings. The van der Waals surface area contributed by atoms with Crippen molar-refractivity contribution in [1.29, 1.82) is 0 Å². The highest BCUT2D eigenvalue weighted by Gasteiger charge is 2.43. The van der Waals surface area contributed by atoms with E-state index in [0.717, 1.165) is 19.1 Å². The smallest absolute Gasteiger partial charge is 0.305 e. The summed E-state index contributed by atoms with van der Waals surface area (Å²) in [5, 5.41) is 55.1. The molecule has 2 aromatic carbocycles. The van der Waals surface area contributed by atoms with Crippen molar-refractivity contribution in [2.45, 2.75) is 215 Å². The van der Waals surface area contributed by atoms with E-state index in [1.165, 1.54) is 45.5 Å². The van der Waals surface area contributed by atoms with Gasteiger partial charge in [-0.25, -0.2) is 0 Å². The van der Waals surface area contributed by atoms with E-state index in [1.54, 1.807) is 39.8 Å². The molecule has 4 heterocycles. The second kappa shape index (κ2) is 42.0. The number of nitrogens with two attached hydrogens (primary N) is 2. The van der Waals surface area contributed by atoms with Crippen molar-refractivity contribution >= 4 is 107 Å². The second-order valence-electron chi connectivity index (χ2n) is 26.8. The first-order valence-electron chi connectivity index (χ1n) is 35.0. The van der Waals surface area contributed by atoms with Crippen molar-refractivity contribution in [3.05, 3.63) is 59.2 Å². The number of aryl methyl sites for hydroxylation is 1. The van der Waals surface area contributed by atoms with Crippen LogP contribution in [0.2, 0.25) is 0 Å². The normalized spacial score (nSPS) is 25.5. The van der Waals surface area contributed by atoms with Crippen molar-refractivity contribution in [2.75, 3.05) is 44.4 Å². The summed E-state index contributed by atoms with van der Waals surface area (Å²) in [4.78, 5) is 191. The van der Waals surface area contributed by atoms with Gasteiger partial charge in [-0.2, -0.15) is 23.5 Å². The minimum Gasteiger partial charge on any atom is -0.508 e. The molecule has 0 aromatic heterocycles. The SMILES string of the molecule is CC(C)C[C@@H]1NC(=O)[C@@H]2CCCN2C(=O)[C@@H]2CSCc3cc(cc(c3)OCCCCCCO/N=C/C(=O)N[C@@H](CCCCCN)C(=O)N2)CSC[C@@H](C(N)=O)NC(=O)[C@H](CCC(=O)O)NC(=O)[C@H](CCc2ccc(O)cc2)NC(=O)[C@@H]2CCCN2C(=O)[C@H](C(C)C)NC(=O)[C@H](CC(=O)O)NC1=O. The third-order valence-corrected chi connectivity index (χ3v) is 19.9. The lowest BCUT2D eigenvalue weighted by Crippen LogP contribution is -2.61. The fourth-order valence-corrected chi connectivity index (χ4v) is 14.3. The van der Waals surface area contributed by atoms with Gasteiger partial charge in [-0.15, -0.1) is 0 Å². The predicted octanol–water partition coefficient (Wildman–Crippen LogP) is 1.37. The average Bonchev–Trinajstić information content (AvgIpc) is 1.62. The van der Waals surface area contributed by atoms with Crippen LogP contribution in [0.1, 0.15) is 154 Å². The third kappa shape index (κ3) is 26.9. The number of rotatable bonds is 17. The molecule has 10 atom stereocenters. The van der Waals surface area contributed by atoms with Gasteiger partial charge in [-0.3, -0.25) is 62.3 Å². The summed E-state index contributed by atoms with van der Waals surface area (Å²) in [6.07, 6.45) is 4.23. The number of aliphatic carboxylic acids is 2. The zero-order valence-electron chi connectivity index (χ0n) is 58.4. The quantitative estimate of drug-likeness (QED) is 0.0995. The molecule has 11 amide bonds. The number of phenolic OH excluding ortho intramolecular Hbond substituents is 1. The Labute approximate surface area is 602 Å². The van der Waals surface area contributed by atoms with Gasteiger partial charge in [-0.1, -0.05) is 63.9 Å². The highest BCUT2D eigenvalue weighted by atomic mass is 32.2. The summed E-state index contributed by atoms with van der Waals surface area (Å²) in [6, 6.07) is -2.55. The molecule has 0 aliphatic carbocycles. The molecule has 562 valence electrons. The van der Waals surface area contributed by atoms with Crippen LogP contribution in [0.5, 0.6) is 11.5 Å². The molecule has 0 radical (unpaired) electrons. The molecule has 4 bridgehead atoms. The number of fused-ring (bicyclic) bond motifs is 7. The Balaban J connectivity index is 1.41. The number of phenols is 1. The lowest BCUT2D eigenvalue weighted by atomic mass is 10.00. The van der Waals surface area contributed by atoms with Gasteiger partial charge in [0, 0.05) is 42.5 Å². The van der Waals surface area contributed by atoms with Gasteiger partial charge in [0.2, 0.25) is 59.1 Å². The van der Waals surface area contributed by atoms with Gasteiger partial charge < -0.3 is 88.7 Å². The van der Waals surface area contributed by atoms with Gasteiger partial charge in [0.1, 0.15) is 84.7 Å². The van der Waals surface area contributed by atoms with Gasteiger partial charge in [0.25, 0.3) is 5.91 Å². The van der Waals surface area contributed by atoms with Crippen molar-refractivity contribution in [2.24, 2.45) is 28.5 Å². The van der Waals surface area contributed by atoms with E-state index in [2.05, 4.69) is 47.7 Å². The maximum absolute atomic E-state index is 15.2.